The Morgan fingerprint density at radius 1 is 1.65 bits per heavy atom. The second-order valence-corrected chi connectivity index (χ2v) is 5.12. The molecular weight excluding hydrogens is 236 g/mol. The Morgan fingerprint density at radius 2 is 2.47 bits per heavy atom. The Kier molecular flexibility index (Phi) is 4.36. The Balaban J connectivity index is 1.78. The number of hydrogen-bond donors (Lipinski definition) is 1. The molecule has 17 heavy (non-hydrogen) atoms. The number of nitrogens with zero attached hydrogens (tertiary/aromatic N) is 1. The molecule has 0 atom stereocenters. The minimum Gasteiger partial charge on any atom is -0.461 e. The minimum absolute atomic E-state index is 0.335. The van der Waals surface area contributed by atoms with Gasteiger partial charge in [-0.15, -0.1) is 11.3 Å². The lowest BCUT2D eigenvalue weighted by molar-refractivity contribution is 0.0521. The van der Waals surface area contributed by atoms with Crippen LogP contribution < -0.4 is 5.32 Å². The molecule has 0 spiro atoms. The average Bonchev–Trinajstić information content (AvgIpc) is 3.02. The van der Waals surface area contributed by atoms with Crippen LogP contribution >= 0.6 is 11.3 Å². The van der Waals surface area contributed by atoms with E-state index < -0.39 is 0 Å². The number of hydrogen-bond acceptors (Lipinski definition) is 5. The topological polar surface area (TPSA) is 51.2 Å². The van der Waals surface area contributed by atoms with Crippen molar-refractivity contribution in [1.82, 2.24) is 4.98 Å². The molecule has 0 bridgehead atoms. The standard InChI is InChI=1S/C12H18N2O2S/c1-2-16-12(15)10-11(17-8-14-10)13-7-3-4-9-5-6-9/h8-9,13H,2-7H2,1H3. The largest absolute Gasteiger partial charge is 0.461 e. The summed E-state index contributed by atoms with van der Waals surface area (Å²) in [5.41, 5.74) is 2.10. The van der Waals surface area contributed by atoms with Crippen LogP contribution in [0.2, 0.25) is 0 Å². The van der Waals surface area contributed by atoms with E-state index in [9.17, 15) is 4.79 Å². The lowest BCUT2D eigenvalue weighted by Crippen LogP contribution is -2.09. The minimum atomic E-state index is -0.335. The van der Waals surface area contributed by atoms with Gasteiger partial charge in [0.25, 0.3) is 0 Å². The normalized spacial score (nSPS) is 14.6. The summed E-state index contributed by atoms with van der Waals surface area (Å²) in [6, 6.07) is 0. The number of rotatable bonds is 7. The number of esters is 1. The zero-order valence-electron chi connectivity index (χ0n) is 10.1. The van der Waals surface area contributed by atoms with Gasteiger partial charge in [-0.05, 0) is 25.7 Å². The van der Waals surface area contributed by atoms with Crippen LogP contribution in [0.1, 0.15) is 43.1 Å². The molecule has 1 heterocycles. The van der Waals surface area contributed by atoms with E-state index >= 15 is 0 Å². The van der Waals surface area contributed by atoms with Crippen molar-refractivity contribution in [1.29, 1.82) is 0 Å². The SMILES string of the molecule is CCOC(=O)c1ncsc1NCCCC1CC1. The summed E-state index contributed by atoms with van der Waals surface area (Å²) in [5, 5.41) is 4.10. The molecule has 1 aliphatic carbocycles. The summed E-state index contributed by atoms with van der Waals surface area (Å²) in [6.45, 7) is 3.09. The summed E-state index contributed by atoms with van der Waals surface area (Å²) in [5.74, 6) is 0.626. The molecular formula is C12H18N2O2S. The molecule has 1 aliphatic rings. The number of carbonyl (C=O) groups excluding carboxylic acids is 1. The smallest absolute Gasteiger partial charge is 0.360 e. The van der Waals surface area contributed by atoms with Crippen LogP contribution in [-0.2, 0) is 4.74 Å². The molecule has 0 aliphatic heterocycles. The van der Waals surface area contributed by atoms with Crippen LogP contribution in [0.25, 0.3) is 0 Å². The zero-order chi connectivity index (χ0) is 12.1. The number of carbonyl (C=O) groups is 1. The lowest BCUT2D eigenvalue weighted by Gasteiger charge is -2.05. The summed E-state index contributed by atoms with van der Waals surface area (Å²) in [6.07, 6.45) is 5.24. The molecule has 1 N–H and O–H groups in total. The van der Waals surface area contributed by atoms with Gasteiger partial charge in [0.15, 0.2) is 5.69 Å². The third-order valence-corrected chi connectivity index (χ3v) is 3.59. The number of aromatic nitrogens is 1. The lowest BCUT2D eigenvalue weighted by atomic mass is 10.2. The van der Waals surface area contributed by atoms with E-state index in [0.717, 1.165) is 23.9 Å². The van der Waals surface area contributed by atoms with Gasteiger partial charge >= 0.3 is 5.97 Å². The molecule has 2 rings (SSSR count). The van der Waals surface area contributed by atoms with E-state index in [4.69, 9.17) is 4.74 Å². The Morgan fingerprint density at radius 3 is 3.18 bits per heavy atom. The monoisotopic (exact) mass is 254 g/mol. The molecule has 1 aromatic heterocycles. The van der Waals surface area contributed by atoms with Gasteiger partial charge in [0, 0.05) is 6.54 Å². The number of ether oxygens (including phenoxy) is 1. The number of anilines is 1. The molecule has 0 aromatic carbocycles. The molecule has 1 aromatic rings. The fourth-order valence-corrected chi connectivity index (χ4v) is 2.41. The Labute approximate surface area is 105 Å². The molecule has 0 saturated heterocycles. The van der Waals surface area contributed by atoms with Gasteiger partial charge in [-0.25, -0.2) is 9.78 Å². The third kappa shape index (κ3) is 3.70. The molecule has 94 valence electrons. The molecule has 0 unspecified atom stereocenters. The maximum absolute atomic E-state index is 11.6. The fourth-order valence-electron chi connectivity index (χ4n) is 1.72. The van der Waals surface area contributed by atoms with Crippen molar-refractivity contribution < 1.29 is 9.53 Å². The van der Waals surface area contributed by atoms with Crippen LogP contribution in [0.4, 0.5) is 5.00 Å². The summed E-state index contributed by atoms with van der Waals surface area (Å²) in [7, 11) is 0. The number of thiazole rings is 1. The van der Waals surface area contributed by atoms with Crippen molar-refractivity contribution in [3.63, 3.8) is 0 Å². The van der Waals surface area contributed by atoms with Crippen molar-refractivity contribution in [2.45, 2.75) is 32.6 Å². The predicted octanol–water partition coefficient (Wildman–Crippen LogP) is 2.92. The van der Waals surface area contributed by atoms with Crippen molar-refractivity contribution in [3.05, 3.63) is 11.2 Å². The molecule has 0 amide bonds. The van der Waals surface area contributed by atoms with Crippen molar-refractivity contribution in [2.24, 2.45) is 5.92 Å². The first kappa shape index (κ1) is 12.4. The highest BCUT2D eigenvalue weighted by molar-refractivity contribution is 7.14. The molecule has 1 fully saturated rings. The first-order chi connectivity index (χ1) is 8.31. The highest BCUT2D eigenvalue weighted by Gasteiger charge is 2.20. The van der Waals surface area contributed by atoms with Crippen molar-refractivity contribution in [3.8, 4) is 0 Å². The van der Waals surface area contributed by atoms with Gasteiger partial charge in [-0.2, -0.15) is 0 Å². The highest BCUT2D eigenvalue weighted by atomic mass is 32.1. The predicted molar refractivity (Wildman–Crippen MR) is 68.5 cm³/mol. The van der Waals surface area contributed by atoms with E-state index in [1.807, 2.05) is 0 Å². The Hall–Kier alpha value is -1.10. The Bertz CT molecular complexity index is 374. The van der Waals surface area contributed by atoms with Gasteiger partial charge in [0.05, 0.1) is 12.1 Å². The van der Waals surface area contributed by atoms with Crippen LogP contribution in [0.5, 0.6) is 0 Å². The van der Waals surface area contributed by atoms with E-state index in [1.54, 1.807) is 12.4 Å². The van der Waals surface area contributed by atoms with Crippen molar-refractivity contribution in [2.75, 3.05) is 18.5 Å². The van der Waals surface area contributed by atoms with E-state index in [0.29, 0.717) is 12.3 Å². The van der Waals surface area contributed by atoms with Gasteiger partial charge in [-0.3, -0.25) is 0 Å². The quantitative estimate of drug-likeness (QED) is 0.600. The second kappa shape index (κ2) is 6.00. The summed E-state index contributed by atoms with van der Waals surface area (Å²) in [4.78, 5) is 15.6. The van der Waals surface area contributed by atoms with Gasteiger partial charge in [0.1, 0.15) is 5.00 Å². The third-order valence-electron chi connectivity index (χ3n) is 2.81. The van der Waals surface area contributed by atoms with E-state index in [1.165, 1.54) is 30.6 Å². The van der Waals surface area contributed by atoms with Gasteiger partial charge < -0.3 is 10.1 Å². The van der Waals surface area contributed by atoms with Crippen LogP contribution in [0.15, 0.2) is 5.51 Å². The van der Waals surface area contributed by atoms with E-state index in [2.05, 4.69) is 10.3 Å². The van der Waals surface area contributed by atoms with Crippen LogP contribution in [0.3, 0.4) is 0 Å². The molecule has 0 radical (unpaired) electrons. The van der Waals surface area contributed by atoms with Gasteiger partial charge in [0.2, 0.25) is 0 Å². The fraction of sp³-hybridized carbons (Fsp3) is 0.667. The van der Waals surface area contributed by atoms with Crippen LogP contribution in [0, 0.1) is 5.92 Å². The van der Waals surface area contributed by atoms with E-state index in [-0.39, 0.29) is 5.97 Å². The zero-order valence-corrected chi connectivity index (χ0v) is 10.9. The molecule has 1 saturated carbocycles. The molecule has 5 heteroatoms. The van der Waals surface area contributed by atoms with Crippen LogP contribution in [-0.4, -0.2) is 24.1 Å². The van der Waals surface area contributed by atoms with Gasteiger partial charge in [-0.1, -0.05) is 12.8 Å². The maximum Gasteiger partial charge on any atom is 0.360 e. The maximum atomic E-state index is 11.6. The highest BCUT2D eigenvalue weighted by Crippen LogP contribution is 2.33. The second-order valence-electron chi connectivity index (χ2n) is 4.26. The first-order valence-electron chi connectivity index (χ1n) is 6.15. The summed E-state index contributed by atoms with van der Waals surface area (Å²) < 4.78 is 4.95. The summed E-state index contributed by atoms with van der Waals surface area (Å²) >= 11 is 1.46. The number of nitrogens with one attached hydrogen (secondary N) is 1. The first-order valence-corrected chi connectivity index (χ1v) is 7.03. The average molecular weight is 254 g/mol. The van der Waals surface area contributed by atoms with Crippen molar-refractivity contribution >= 4 is 22.3 Å². The molecule has 4 nitrogen and oxygen atoms in total.